The van der Waals surface area contributed by atoms with Crippen LogP contribution in [0, 0.1) is 11.7 Å². The van der Waals surface area contributed by atoms with E-state index in [-0.39, 0.29) is 40.8 Å². The minimum atomic E-state index is -4.56. The van der Waals surface area contributed by atoms with Crippen molar-refractivity contribution in [2.24, 2.45) is 5.92 Å². The molecule has 1 amide bonds. The monoisotopic (exact) mass is 520 g/mol. The zero-order valence-corrected chi connectivity index (χ0v) is 20.3. The van der Waals surface area contributed by atoms with Crippen molar-refractivity contribution in [1.82, 2.24) is 20.1 Å². The number of nitrogens with one attached hydrogen (secondary N) is 1. The van der Waals surface area contributed by atoms with Gasteiger partial charge in [-0.05, 0) is 33.6 Å². The summed E-state index contributed by atoms with van der Waals surface area (Å²) in [6, 6.07) is 1.01. The maximum Gasteiger partial charge on any atom is 0.422 e. The first-order valence-electron chi connectivity index (χ1n) is 11.2. The molecule has 1 fully saturated rings. The standard InChI is InChI=1S/C22H28F4N4O4S/c1-12(2)30-17-6-13(20(31)28-21(3)10-35(32,33)11-21)4-5-14(17)19(29-30)15-7-18(27-8-16(15)23)34-9-22(24,25)26/h7-8,12-13,32-33H,4-6,9-11H2,1-3H3,(H,28,31). The van der Waals surface area contributed by atoms with Crippen LogP contribution in [-0.2, 0) is 17.6 Å². The Balaban J connectivity index is 1.59. The molecule has 2 aromatic heterocycles. The number of hydrogen-bond acceptors (Lipinski definition) is 6. The van der Waals surface area contributed by atoms with Crippen LogP contribution in [0.5, 0.6) is 5.88 Å². The molecule has 35 heavy (non-hydrogen) atoms. The van der Waals surface area contributed by atoms with Crippen molar-refractivity contribution in [2.75, 3.05) is 18.1 Å². The smallest absolute Gasteiger partial charge is 0.422 e. The third kappa shape index (κ3) is 5.56. The molecule has 1 saturated heterocycles. The van der Waals surface area contributed by atoms with Crippen molar-refractivity contribution in [3.63, 3.8) is 0 Å². The Morgan fingerprint density at radius 3 is 2.66 bits per heavy atom. The molecule has 0 saturated carbocycles. The summed E-state index contributed by atoms with van der Waals surface area (Å²) >= 11 is 0. The van der Waals surface area contributed by atoms with Gasteiger partial charge in [-0.3, -0.25) is 18.6 Å². The second-order valence-electron chi connectivity index (χ2n) is 9.80. The predicted molar refractivity (Wildman–Crippen MR) is 122 cm³/mol. The highest BCUT2D eigenvalue weighted by Gasteiger charge is 2.46. The Morgan fingerprint density at radius 2 is 2.06 bits per heavy atom. The molecule has 13 heteroatoms. The van der Waals surface area contributed by atoms with Gasteiger partial charge in [0.2, 0.25) is 11.8 Å². The van der Waals surface area contributed by atoms with Crippen LogP contribution in [0.4, 0.5) is 17.6 Å². The molecule has 1 atom stereocenters. The molecule has 1 aliphatic heterocycles. The first-order valence-corrected chi connectivity index (χ1v) is 13.1. The van der Waals surface area contributed by atoms with Gasteiger partial charge in [0.1, 0.15) is 0 Å². The number of ether oxygens (including phenoxy) is 1. The molecule has 4 rings (SSSR count). The maximum absolute atomic E-state index is 14.7. The molecule has 3 heterocycles. The summed E-state index contributed by atoms with van der Waals surface area (Å²) in [6.07, 6.45) is -2.51. The summed E-state index contributed by atoms with van der Waals surface area (Å²) in [4.78, 5) is 16.6. The average Bonchev–Trinajstić information content (AvgIpc) is 3.09. The molecule has 3 N–H and O–H groups in total. The third-order valence-electron chi connectivity index (χ3n) is 6.15. The van der Waals surface area contributed by atoms with Gasteiger partial charge in [0.25, 0.3) is 0 Å². The van der Waals surface area contributed by atoms with Crippen LogP contribution in [0.25, 0.3) is 11.3 Å². The highest BCUT2D eigenvalue weighted by atomic mass is 32.3. The van der Waals surface area contributed by atoms with Crippen molar-refractivity contribution < 1.29 is 36.2 Å². The van der Waals surface area contributed by atoms with Gasteiger partial charge in [-0.15, -0.1) is 0 Å². The van der Waals surface area contributed by atoms with Gasteiger partial charge in [0.15, 0.2) is 12.4 Å². The Labute approximate surface area is 201 Å². The van der Waals surface area contributed by atoms with Crippen LogP contribution >= 0.6 is 10.6 Å². The number of halogens is 4. The molecule has 0 radical (unpaired) electrons. The second kappa shape index (κ2) is 8.93. The number of nitrogens with zero attached hydrogens (tertiary/aromatic N) is 3. The normalized spacial score (nSPS) is 21.7. The Bertz CT molecular complexity index is 1130. The lowest BCUT2D eigenvalue weighted by Gasteiger charge is -2.54. The van der Waals surface area contributed by atoms with E-state index in [1.807, 2.05) is 13.8 Å². The Morgan fingerprint density at radius 1 is 1.37 bits per heavy atom. The number of aromatic nitrogens is 3. The number of alkyl halides is 3. The highest BCUT2D eigenvalue weighted by Crippen LogP contribution is 2.54. The molecule has 0 bridgehead atoms. The van der Waals surface area contributed by atoms with Crippen LogP contribution < -0.4 is 10.1 Å². The first kappa shape index (κ1) is 25.7. The summed E-state index contributed by atoms with van der Waals surface area (Å²) in [5.41, 5.74) is 1.12. The molecular formula is C22H28F4N4O4S. The fourth-order valence-electron chi connectivity index (χ4n) is 4.79. The van der Waals surface area contributed by atoms with Crippen LogP contribution in [0.2, 0.25) is 0 Å². The SMILES string of the molecule is CC(C)n1nc(-c2cc(OCC(F)(F)F)ncc2F)c2c1CC(C(=O)NC1(C)CS(O)(O)C1)CC2. The lowest BCUT2D eigenvalue weighted by atomic mass is 9.84. The molecule has 0 spiro atoms. The summed E-state index contributed by atoms with van der Waals surface area (Å²) in [5, 5.41) is 7.50. The highest BCUT2D eigenvalue weighted by molar-refractivity contribution is 8.25. The van der Waals surface area contributed by atoms with Gasteiger partial charge in [-0.25, -0.2) is 9.37 Å². The molecular weight excluding hydrogens is 492 g/mol. The van der Waals surface area contributed by atoms with Crippen molar-refractivity contribution in [3.8, 4) is 17.1 Å². The van der Waals surface area contributed by atoms with Gasteiger partial charge in [0.05, 0.1) is 28.9 Å². The third-order valence-corrected chi connectivity index (χ3v) is 8.35. The topological polar surface area (TPSA) is 110 Å². The van der Waals surface area contributed by atoms with Crippen molar-refractivity contribution in [2.45, 2.75) is 57.8 Å². The summed E-state index contributed by atoms with van der Waals surface area (Å²) in [6.45, 7) is 4.01. The molecule has 1 aliphatic carbocycles. The van der Waals surface area contributed by atoms with Gasteiger partial charge in [0, 0.05) is 41.3 Å². The van der Waals surface area contributed by atoms with Gasteiger partial charge in [-0.1, -0.05) is 0 Å². The molecule has 194 valence electrons. The Hall–Kier alpha value is -2.38. The molecule has 2 aliphatic rings. The van der Waals surface area contributed by atoms with Crippen molar-refractivity contribution in [1.29, 1.82) is 0 Å². The van der Waals surface area contributed by atoms with Gasteiger partial charge < -0.3 is 10.1 Å². The number of fused-ring (bicyclic) bond motifs is 1. The van der Waals surface area contributed by atoms with E-state index in [9.17, 15) is 31.5 Å². The van der Waals surface area contributed by atoms with E-state index < -0.39 is 34.7 Å². The molecule has 0 aromatic carbocycles. The van der Waals surface area contributed by atoms with E-state index in [1.54, 1.807) is 11.6 Å². The summed E-state index contributed by atoms with van der Waals surface area (Å²) in [5.74, 6) is -1.42. The van der Waals surface area contributed by atoms with Crippen LogP contribution in [0.3, 0.4) is 0 Å². The fraction of sp³-hybridized carbons (Fsp3) is 0.591. The molecule has 8 nitrogen and oxygen atoms in total. The van der Waals surface area contributed by atoms with Crippen LogP contribution in [-0.4, -0.2) is 59.6 Å². The van der Waals surface area contributed by atoms with Crippen molar-refractivity contribution >= 4 is 16.5 Å². The second-order valence-corrected chi connectivity index (χ2v) is 12.0. The number of hydrogen-bond donors (Lipinski definition) is 3. The summed E-state index contributed by atoms with van der Waals surface area (Å²) < 4.78 is 78.1. The molecule has 1 unspecified atom stereocenters. The van der Waals surface area contributed by atoms with E-state index >= 15 is 0 Å². The zero-order chi connectivity index (χ0) is 25.8. The van der Waals surface area contributed by atoms with Gasteiger partial charge >= 0.3 is 6.18 Å². The summed E-state index contributed by atoms with van der Waals surface area (Å²) in [7, 11) is -2.62. The predicted octanol–water partition coefficient (Wildman–Crippen LogP) is 4.35. The number of carbonyl (C=O) groups is 1. The van der Waals surface area contributed by atoms with E-state index in [0.717, 1.165) is 23.5 Å². The fourth-order valence-corrected chi connectivity index (χ4v) is 6.89. The van der Waals surface area contributed by atoms with Crippen molar-refractivity contribution in [3.05, 3.63) is 29.3 Å². The number of pyridine rings is 1. The average molecular weight is 521 g/mol. The number of amides is 1. The lowest BCUT2D eigenvalue weighted by molar-refractivity contribution is -0.154. The number of rotatable bonds is 6. The maximum atomic E-state index is 14.7. The van der Waals surface area contributed by atoms with Gasteiger partial charge in [-0.2, -0.15) is 28.9 Å². The van der Waals surface area contributed by atoms with E-state index in [2.05, 4.69) is 20.1 Å². The number of carbonyl (C=O) groups excluding carboxylic acids is 1. The van der Waals surface area contributed by atoms with E-state index in [0.29, 0.717) is 25.0 Å². The first-order chi connectivity index (χ1) is 16.2. The quantitative estimate of drug-likeness (QED) is 0.489. The lowest BCUT2D eigenvalue weighted by Crippen LogP contribution is -2.62. The van der Waals surface area contributed by atoms with E-state index in [1.165, 1.54) is 0 Å². The van der Waals surface area contributed by atoms with Crippen LogP contribution in [0.1, 0.15) is 44.5 Å². The van der Waals surface area contributed by atoms with Crippen LogP contribution in [0.15, 0.2) is 12.3 Å². The largest absolute Gasteiger partial charge is 0.468 e. The Kier molecular flexibility index (Phi) is 6.56. The minimum absolute atomic E-state index is 0.0112. The molecule has 2 aromatic rings. The van der Waals surface area contributed by atoms with E-state index in [4.69, 9.17) is 0 Å². The minimum Gasteiger partial charge on any atom is -0.468 e. The zero-order valence-electron chi connectivity index (χ0n) is 19.5.